The molecule has 1 fully saturated rings. The third-order valence-electron chi connectivity index (χ3n) is 4.12. The first-order valence-corrected chi connectivity index (χ1v) is 6.56. The molecule has 0 saturated carbocycles. The molecule has 2 unspecified atom stereocenters. The Kier molecular flexibility index (Phi) is 2.73. The van der Waals surface area contributed by atoms with Crippen molar-refractivity contribution in [3.05, 3.63) is 24.0 Å². The summed E-state index contributed by atoms with van der Waals surface area (Å²) in [6.07, 6.45) is 3.13. The van der Waals surface area contributed by atoms with Crippen molar-refractivity contribution in [2.75, 3.05) is 16.8 Å². The predicted octanol–water partition coefficient (Wildman–Crippen LogP) is 2.77. The molecule has 3 nitrogen and oxygen atoms in total. The van der Waals surface area contributed by atoms with Crippen molar-refractivity contribution in [2.45, 2.75) is 32.2 Å². The van der Waals surface area contributed by atoms with E-state index in [1.807, 2.05) is 0 Å². The van der Waals surface area contributed by atoms with Crippen molar-refractivity contribution in [1.82, 2.24) is 0 Å². The van der Waals surface area contributed by atoms with Gasteiger partial charge in [0.15, 0.2) is 0 Å². The second-order valence-electron chi connectivity index (χ2n) is 5.16. The SMILES string of the molecule is CCC1CCN2c3ccc(F)cc3NC(=O)C2C1. The second-order valence-corrected chi connectivity index (χ2v) is 5.16. The van der Waals surface area contributed by atoms with Gasteiger partial charge in [0.25, 0.3) is 0 Å². The smallest absolute Gasteiger partial charge is 0.247 e. The highest BCUT2D eigenvalue weighted by Crippen LogP contribution is 2.38. The molecular formula is C14H17FN2O. The molecule has 1 aromatic carbocycles. The highest BCUT2D eigenvalue weighted by molar-refractivity contribution is 6.03. The van der Waals surface area contributed by atoms with Gasteiger partial charge in [0.05, 0.1) is 11.4 Å². The monoisotopic (exact) mass is 248 g/mol. The molecule has 0 aliphatic carbocycles. The molecule has 2 heterocycles. The lowest BCUT2D eigenvalue weighted by atomic mass is 9.87. The van der Waals surface area contributed by atoms with Crippen LogP contribution in [0, 0.1) is 11.7 Å². The summed E-state index contributed by atoms with van der Waals surface area (Å²) in [5.41, 5.74) is 1.56. The van der Waals surface area contributed by atoms with Crippen LogP contribution in [0.1, 0.15) is 26.2 Å². The van der Waals surface area contributed by atoms with Crippen molar-refractivity contribution in [3.8, 4) is 0 Å². The number of carbonyl (C=O) groups is 1. The summed E-state index contributed by atoms with van der Waals surface area (Å²) >= 11 is 0. The molecule has 1 aromatic rings. The number of rotatable bonds is 1. The van der Waals surface area contributed by atoms with Crippen LogP contribution in [0.5, 0.6) is 0 Å². The number of carbonyl (C=O) groups excluding carboxylic acids is 1. The zero-order valence-corrected chi connectivity index (χ0v) is 10.4. The van der Waals surface area contributed by atoms with E-state index in [0.717, 1.165) is 31.5 Å². The van der Waals surface area contributed by atoms with E-state index in [9.17, 15) is 9.18 Å². The van der Waals surface area contributed by atoms with Crippen molar-refractivity contribution < 1.29 is 9.18 Å². The topological polar surface area (TPSA) is 32.3 Å². The number of nitrogens with zero attached hydrogens (tertiary/aromatic N) is 1. The van der Waals surface area contributed by atoms with Crippen LogP contribution in [-0.4, -0.2) is 18.5 Å². The molecule has 1 N–H and O–H groups in total. The van der Waals surface area contributed by atoms with Gasteiger partial charge in [0.1, 0.15) is 11.9 Å². The predicted molar refractivity (Wildman–Crippen MR) is 69.2 cm³/mol. The Morgan fingerprint density at radius 2 is 2.33 bits per heavy atom. The number of halogens is 1. The van der Waals surface area contributed by atoms with Crippen molar-refractivity contribution in [3.63, 3.8) is 0 Å². The fourth-order valence-corrected chi connectivity index (χ4v) is 3.02. The van der Waals surface area contributed by atoms with Crippen molar-refractivity contribution in [2.24, 2.45) is 5.92 Å². The molecule has 0 radical (unpaired) electrons. The van der Waals surface area contributed by atoms with Gasteiger partial charge >= 0.3 is 0 Å². The van der Waals surface area contributed by atoms with Crippen LogP contribution < -0.4 is 10.2 Å². The Bertz CT molecular complexity index is 489. The molecule has 2 atom stereocenters. The van der Waals surface area contributed by atoms with Crippen LogP contribution >= 0.6 is 0 Å². The minimum absolute atomic E-state index is 0.00579. The minimum Gasteiger partial charge on any atom is -0.358 e. The number of nitrogens with one attached hydrogen (secondary N) is 1. The third kappa shape index (κ3) is 1.76. The Hall–Kier alpha value is -1.58. The maximum atomic E-state index is 13.2. The molecule has 0 bridgehead atoms. The number of hydrogen-bond acceptors (Lipinski definition) is 2. The third-order valence-corrected chi connectivity index (χ3v) is 4.12. The fourth-order valence-electron chi connectivity index (χ4n) is 3.02. The number of hydrogen-bond donors (Lipinski definition) is 1. The normalized spacial score (nSPS) is 26.3. The number of fused-ring (bicyclic) bond motifs is 3. The lowest BCUT2D eigenvalue weighted by Gasteiger charge is -2.43. The van der Waals surface area contributed by atoms with E-state index in [0.29, 0.717) is 11.6 Å². The van der Waals surface area contributed by atoms with E-state index >= 15 is 0 Å². The van der Waals surface area contributed by atoms with Gasteiger partial charge in [-0.1, -0.05) is 13.3 Å². The molecule has 4 heteroatoms. The van der Waals surface area contributed by atoms with E-state index in [4.69, 9.17) is 0 Å². The zero-order chi connectivity index (χ0) is 12.7. The van der Waals surface area contributed by atoms with E-state index in [-0.39, 0.29) is 17.8 Å². The summed E-state index contributed by atoms with van der Waals surface area (Å²) in [4.78, 5) is 14.2. The molecule has 18 heavy (non-hydrogen) atoms. The average Bonchev–Trinajstić information content (AvgIpc) is 2.38. The molecule has 1 saturated heterocycles. The van der Waals surface area contributed by atoms with E-state index < -0.39 is 0 Å². The standard InChI is InChI=1S/C14H17FN2O/c1-2-9-5-6-17-12-4-3-10(15)8-11(12)16-14(18)13(17)7-9/h3-4,8-9,13H,2,5-7H2,1H3,(H,16,18). The summed E-state index contributed by atoms with van der Waals surface area (Å²) in [5.74, 6) is 0.321. The Balaban J connectivity index is 1.95. The van der Waals surface area contributed by atoms with Gasteiger partial charge in [0, 0.05) is 6.54 Å². The molecule has 0 spiro atoms. The summed E-state index contributed by atoms with van der Waals surface area (Å²) in [6, 6.07) is 4.54. The molecule has 2 aliphatic heterocycles. The first-order valence-electron chi connectivity index (χ1n) is 6.56. The lowest BCUT2D eigenvalue weighted by molar-refractivity contribution is -0.118. The van der Waals surface area contributed by atoms with Gasteiger partial charge < -0.3 is 10.2 Å². The Labute approximate surface area is 106 Å². The van der Waals surface area contributed by atoms with Crippen LogP contribution in [0.3, 0.4) is 0 Å². The quantitative estimate of drug-likeness (QED) is 0.828. The van der Waals surface area contributed by atoms with Crippen LogP contribution in [0.4, 0.5) is 15.8 Å². The molecule has 3 rings (SSSR count). The van der Waals surface area contributed by atoms with E-state index in [1.54, 1.807) is 6.07 Å². The van der Waals surface area contributed by atoms with Crippen LogP contribution in [0.2, 0.25) is 0 Å². The summed E-state index contributed by atoms with van der Waals surface area (Å²) in [5, 5.41) is 2.82. The van der Waals surface area contributed by atoms with Gasteiger partial charge in [-0.2, -0.15) is 0 Å². The van der Waals surface area contributed by atoms with Crippen molar-refractivity contribution >= 4 is 17.3 Å². The van der Waals surface area contributed by atoms with Crippen LogP contribution in [-0.2, 0) is 4.79 Å². The van der Waals surface area contributed by atoms with Gasteiger partial charge in [-0.05, 0) is 37.0 Å². The van der Waals surface area contributed by atoms with Gasteiger partial charge in [0.2, 0.25) is 5.91 Å². The molecule has 2 aliphatic rings. The number of amides is 1. The highest BCUT2D eigenvalue weighted by Gasteiger charge is 2.37. The number of piperidine rings is 1. The zero-order valence-electron chi connectivity index (χ0n) is 10.4. The fraction of sp³-hybridized carbons (Fsp3) is 0.500. The first-order chi connectivity index (χ1) is 8.69. The summed E-state index contributed by atoms with van der Waals surface area (Å²) in [6.45, 7) is 3.06. The van der Waals surface area contributed by atoms with Crippen LogP contribution in [0.15, 0.2) is 18.2 Å². The molecule has 0 aromatic heterocycles. The Morgan fingerprint density at radius 3 is 3.11 bits per heavy atom. The van der Waals surface area contributed by atoms with Crippen LogP contribution in [0.25, 0.3) is 0 Å². The maximum Gasteiger partial charge on any atom is 0.247 e. The van der Waals surface area contributed by atoms with Gasteiger partial charge in [-0.15, -0.1) is 0 Å². The maximum absolute atomic E-state index is 13.2. The largest absolute Gasteiger partial charge is 0.358 e. The number of anilines is 2. The summed E-state index contributed by atoms with van der Waals surface area (Å²) < 4.78 is 13.2. The summed E-state index contributed by atoms with van der Waals surface area (Å²) in [7, 11) is 0. The average molecular weight is 248 g/mol. The first kappa shape index (κ1) is 11.5. The lowest BCUT2D eigenvalue weighted by Crippen LogP contribution is -2.52. The minimum atomic E-state index is -0.309. The highest BCUT2D eigenvalue weighted by atomic mass is 19.1. The Morgan fingerprint density at radius 1 is 1.50 bits per heavy atom. The molecule has 1 amide bonds. The van der Waals surface area contributed by atoms with E-state index in [1.165, 1.54) is 12.1 Å². The second kappa shape index (κ2) is 4.26. The van der Waals surface area contributed by atoms with E-state index in [2.05, 4.69) is 17.1 Å². The van der Waals surface area contributed by atoms with Crippen molar-refractivity contribution in [1.29, 1.82) is 0 Å². The number of benzene rings is 1. The molecule has 96 valence electrons. The molecular weight excluding hydrogens is 231 g/mol. The van der Waals surface area contributed by atoms with Gasteiger partial charge in [-0.25, -0.2) is 4.39 Å². The van der Waals surface area contributed by atoms with Gasteiger partial charge in [-0.3, -0.25) is 4.79 Å².